The van der Waals surface area contributed by atoms with Gasteiger partial charge in [-0.2, -0.15) is 0 Å². The van der Waals surface area contributed by atoms with Crippen molar-refractivity contribution >= 4 is 18.0 Å². The van der Waals surface area contributed by atoms with Gasteiger partial charge >= 0.3 is 12.1 Å². The lowest BCUT2D eigenvalue weighted by Gasteiger charge is -2.29. The first-order valence-electron chi connectivity index (χ1n) is 12.1. The number of rotatable bonds is 8. The summed E-state index contributed by atoms with van der Waals surface area (Å²) in [4.78, 5) is 36.6. The Morgan fingerprint density at radius 1 is 1.03 bits per heavy atom. The van der Waals surface area contributed by atoms with Crippen molar-refractivity contribution in [1.82, 2.24) is 10.6 Å². The summed E-state index contributed by atoms with van der Waals surface area (Å²) in [7, 11) is 0. The van der Waals surface area contributed by atoms with Crippen molar-refractivity contribution in [3.63, 3.8) is 0 Å². The van der Waals surface area contributed by atoms with Gasteiger partial charge in [-0.15, -0.1) is 0 Å². The molecule has 2 amide bonds. The van der Waals surface area contributed by atoms with Crippen LogP contribution in [0.5, 0.6) is 0 Å². The fourth-order valence-corrected chi connectivity index (χ4v) is 5.20. The number of alkyl carbamates (subject to hydrolysis) is 1. The van der Waals surface area contributed by atoms with Crippen LogP contribution < -0.4 is 10.6 Å². The van der Waals surface area contributed by atoms with Crippen molar-refractivity contribution in [2.75, 3.05) is 6.61 Å². The Kier molecular flexibility index (Phi) is 7.50. The zero-order valence-electron chi connectivity index (χ0n) is 19.5. The molecule has 2 aromatic rings. The summed E-state index contributed by atoms with van der Waals surface area (Å²) < 4.78 is 5.64. The third-order valence-electron chi connectivity index (χ3n) is 6.90. The van der Waals surface area contributed by atoms with Crippen LogP contribution in [0.25, 0.3) is 11.1 Å². The molecule has 7 heteroatoms. The van der Waals surface area contributed by atoms with Gasteiger partial charge in [0.25, 0.3) is 0 Å². The third-order valence-corrected chi connectivity index (χ3v) is 6.90. The van der Waals surface area contributed by atoms with Crippen LogP contribution in [0.3, 0.4) is 0 Å². The number of aliphatic carboxylic acids is 1. The van der Waals surface area contributed by atoms with Gasteiger partial charge in [0, 0.05) is 17.9 Å². The van der Waals surface area contributed by atoms with E-state index in [1.54, 1.807) is 0 Å². The molecule has 180 valence electrons. The summed E-state index contributed by atoms with van der Waals surface area (Å²) in [5.41, 5.74) is 4.67. The summed E-state index contributed by atoms with van der Waals surface area (Å²) >= 11 is 0. The van der Waals surface area contributed by atoms with Gasteiger partial charge in [0.2, 0.25) is 5.91 Å². The van der Waals surface area contributed by atoms with Gasteiger partial charge in [-0.05, 0) is 47.9 Å². The predicted molar refractivity (Wildman–Crippen MR) is 128 cm³/mol. The smallest absolute Gasteiger partial charge is 0.407 e. The number of carboxylic acid groups (broad SMARTS) is 1. The second-order valence-electron chi connectivity index (χ2n) is 9.22. The van der Waals surface area contributed by atoms with Crippen LogP contribution in [0.1, 0.15) is 62.5 Å². The zero-order chi connectivity index (χ0) is 24.1. The number of amides is 2. The maximum atomic E-state index is 12.6. The molecular formula is C27H32N2O5. The summed E-state index contributed by atoms with van der Waals surface area (Å²) in [5, 5.41) is 14.9. The lowest BCUT2D eigenvalue weighted by molar-refractivity contribution is -0.142. The third kappa shape index (κ3) is 5.24. The fourth-order valence-electron chi connectivity index (χ4n) is 5.20. The second kappa shape index (κ2) is 10.7. The molecular weight excluding hydrogens is 432 g/mol. The van der Waals surface area contributed by atoms with Crippen LogP contribution >= 0.6 is 0 Å². The maximum Gasteiger partial charge on any atom is 0.407 e. The molecule has 0 radical (unpaired) electrons. The van der Waals surface area contributed by atoms with E-state index in [2.05, 4.69) is 34.9 Å². The van der Waals surface area contributed by atoms with Gasteiger partial charge < -0.3 is 20.5 Å². The van der Waals surface area contributed by atoms with Crippen molar-refractivity contribution < 1.29 is 24.2 Å². The highest BCUT2D eigenvalue weighted by molar-refractivity contribution is 5.85. The Hall–Kier alpha value is -3.35. The molecule has 0 heterocycles. The van der Waals surface area contributed by atoms with E-state index in [1.807, 2.05) is 31.2 Å². The van der Waals surface area contributed by atoms with E-state index in [9.17, 15) is 19.5 Å². The Morgan fingerprint density at radius 3 is 2.29 bits per heavy atom. The monoisotopic (exact) mass is 464 g/mol. The van der Waals surface area contributed by atoms with E-state index >= 15 is 0 Å². The molecule has 2 aliphatic rings. The average Bonchev–Trinajstić information content (AvgIpc) is 3.16. The normalized spacial score (nSPS) is 20.0. The number of hydrogen-bond donors (Lipinski definition) is 3. The number of carbonyl (C=O) groups is 3. The lowest BCUT2D eigenvalue weighted by atomic mass is 9.85. The average molecular weight is 465 g/mol. The minimum atomic E-state index is -1.01. The zero-order valence-corrected chi connectivity index (χ0v) is 19.5. The molecule has 1 saturated carbocycles. The summed E-state index contributed by atoms with van der Waals surface area (Å²) in [6, 6.07) is 15.3. The molecule has 1 fully saturated rings. The Bertz CT molecular complexity index is 1010. The summed E-state index contributed by atoms with van der Waals surface area (Å²) in [6.45, 7) is 2.13. The number of benzene rings is 2. The summed E-state index contributed by atoms with van der Waals surface area (Å²) in [5.74, 6) is -1.58. The van der Waals surface area contributed by atoms with Gasteiger partial charge in [-0.3, -0.25) is 4.79 Å². The molecule has 0 aliphatic heterocycles. The van der Waals surface area contributed by atoms with E-state index < -0.39 is 18.1 Å². The van der Waals surface area contributed by atoms with Crippen molar-refractivity contribution in [2.24, 2.45) is 5.92 Å². The van der Waals surface area contributed by atoms with Crippen molar-refractivity contribution in [3.8, 4) is 11.1 Å². The molecule has 7 nitrogen and oxygen atoms in total. The second-order valence-corrected chi connectivity index (χ2v) is 9.22. The molecule has 0 spiro atoms. The molecule has 0 bridgehead atoms. The molecule has 0 aromatic heterocycles. The molecule has 2 aliphatic carbocycles. The number of ether oxygens (including phenoxy) is 1. The van der Waals surface area contributed by atoms with E-state index in [0.29, 0.717) is 25.7 Å². The molecule has 3 N–H and O–H groups in total. The first kappa shape index (κ1) is 23.8. The van der Waals surface area contributed by atoms with Crippen LogP contribution in [-0.4, -0.2) is 41.8 Å². The van der Waals surface area contributed by atoms with E-state index in [0.717, 1.165) is 24.0 Å². The highest BCUT2D eigenvalue weighted by Crippen LogP contribution is 2.44. The topological polar surface area (TPSA) is 105 Å². The standard InChI is InChI=1S/C27H32N2O5/c1-2-8-24(26(31)32)29-25(30)17-9-7-10-18(15-17)28-27(33)34-16-23-21-13-5-3-11-19(21)20-12-4-6-14-22(20)23/h3-6,11-14,17-18,23-24H,2,7-10,15-16H2,1H3,(H,28,33)(H,29,30)(H,31,32)/t17-,18+,24+/m1/s1. The summed E-state index contributed by atoms with van der Waals surface area (Å²) in [6.07, 6.45) is 3.32. The number of carboxylic acids is 1. The Labute approximate surface area is 199 Å². The molecule has 34 heavy (non-hydrogen) atoms. The molecule has 0 unspecified atom stereocenters. The Balaban J connectivity index is 1.31. The number of hydrogen-bond acceptors (Lipinski definition) is 4. The molecule has 3 atom stereocenters. The van der Waals surface area contributed by atoms with Crippen LogP contribution in [0.2, 0.25) is 0 Å². The molecule has 4 rings (SSSR count). The van der Waals surface area contributed by atoms with E-state index in [1.165, 1.54) is 11.1 Å². The number of carbonyl (C=O) groups excluding carboxylic acids is 2. The van der Waals surface area contributed by atoms with Gasteiger partial charge in [0.1, 0.15) is 12.6 Å². The van der Waals surface area contributed by atoms with Crippen molar-refractivity contribution in [2.45, 2.75) is 63.5 Å². The van der Waals surface area contributed by atoms with Crippen LogP contribution in [0.4, 0.5) is 4.79 Å². The van der Waals surface area contributed by atoms with Gasteiger partial charge in [-0.25, -0.2) is 9.59 Å². The number of fused-ring (bicyclic) bond motifs is 3. The first-order valence-corrected chi connectivity index (χ1v) is 12.1. The highest BCUT2D eigenvalue weighted by Gasteiger charge is 2.32. The lowest BCUT2D eigenvalue weighted by Crippen LogP contribution is -2.47. The predicted octanol–water partition coefficient (Wildman–Crippen LogP) is 4.45. The van der Waals surface area contributed by atoms with Crippen molar-refractivity contribution in [3.05, 3.63) is 59.7 Å². The van der Waals surface area contributed by atoms with Gasteiger partial charge in [0.05, 0.1) is 0 Å². The maximum absolute atomic E-state index is 12.6. The minimum absolute atomic E-state index is 0.00505. The Morgan fingerprint density at radius 2 is 1.68 bits per heavy atom. The SMILES string of the molecule is CCC[C@H](NC(=O)[C@@H]1CCC[C@H](NC(=O)OCC2c3ccccc3-c3ccccc32)C1)C(=O)O. The van der Waals surface area contributed by atoms with Crippen LogP contribution in [-0.2, 0) is 14.3 Å². The van der Waals surface area contributed by atoms with Gasteiger partial charge in [-0.1, -0.05) is 68.3 Å². The van der Waals surface area contributed by atoms with Crippen LogP contribution in [0, 0.1) is 5.92 Å². The number of nitrogens with one attached hydrogen (secondary N) is 2. The molecule has 0 saturated heterocycles. The minimum Gasteiger partial charge on any atom is -0.480 e. The largest absolute Gasteiger partial charge is 0.480 e. The quantitative estimate of drug-likeness (QED) is 0.535. The van der Waals surface area contributed by atoms with E-state index in [-0.39, 0.29) is 30.4 Å². The van der Waals surface area contributed by atoms with Crippen LogP contribution in [0.15, 0.2) is 48.5 Å². The molecule has 2 aromatic carbocycles. The highest BCUT2D eigenvalue weighted by atomic mass is 16.5. The van der Waals surface area contributed by atoms with E-state index in [4.69, 9.17) is 4.74 Å². The van der Waals surface area contributed by atoms with Crippen molar-refractivity contribution in [1.29, 1.82) is 0 Å². The first-order chi connectivity index (χ1) is 16.5. The fraction of sp³-hybridized carbons (Fsp3) is 0.444. The van der Waals surface area contributed by atoms with Gasteiger partial charge in [0.15, 0.2) is 0 Å².